The van der Waals surface area contributed by atoms with E-state index >= 15 is 0 Å². The summed E-state index contributed by atoms with van der Waals surface area (Å²) in [7, 11) is 0. The van der Waals surface area contributed by atoms with Crippen LogP contribution in [0.1, 0.15) is 18.2 Å². The molecule has 5 heteroatoms. The molecular formula is C11H15BrN2OS. The molecule has 2 rings (SSSR count). The largest absolute Gasteiger partial charge is 0.350 e. The smallest absolute Gasteiger partial charge is 0.237 e. The summed E-state index contributed by atoms with van der Waals surface area (Å²) in [4.78, 5) is 13.0. The first-order chi connectivity index (χ1) is 7.66. The highest BCUT2D eigenvalue weighted by molar-refractivity contribution is 9.11. The van der Waals surface area contributed by atoms with E-state index < -0.39 is 0 Å². The summed E-state index contributed by atoms with van der Waals surface area (Å²) < 4.78 is 1.10. The van der Waals surface area contributed by atoms with Crippen molar-refractivity contribution in [3.8, 4) is 0 Å². The molecule has 0 bridgehead atoms. The van der Waals surface area contributed by atoms with E-state index in [9.17, 15) is 4.79 Å². The van der Waals surface area contributed by atoms with Crippen LogP contribution in [-0.2, 0) is 11.3 Å². The van der Waals surface area contributed by atoms with Crippen molar-refractivity contribution >= 4 is 33.2 Å². The fraction of sp³-hybridized carbons (Fsp3) is 0.545. The Labute approximate surface area is 108 Å². The molecule has 1 aliphatic heterocycles. The van der Waals surface area contributed by atoms with Crippen LogP contribution in [0.2, 0.25) is 0 Å². The number of thiophene rings is 1. The van der Waals surface area contributed by atoms with Crippen LogP contribution in [0.25, 0.3) is 0 Å². The van der Waals surface area contributed by atoms with Crippen molar-refractivity contribution in [3.05, 3.63) is 20.8 Å². The first-order valence-corrected chi connectivity index (χ1v) is 7.03. The monoisotopic (exact) mass is 302 g/mol. The van der Waals surface area contributed by atoms with Crippen LogP contribution < -0.4 is 10.6 Å². The lowest BCUT2D eigenvalue weighted by molar-refractivity contribution is -0.123. The third-order valence-corrected chi connectivity index (χ3v) is 4.50. The van der Waals surface area contributed by atoms with Gasteiger partial charge in [-0.05, 0) is 46.9 Å². The van der Waals surface area contributed by atoms with Gasteiger partial charge in [0, 0.05) is 4.88 Å². The molecule has 1 fully saturated rings. The number of hydrogen-bond donors (Lipinski definition) is 2. The average molecular weight is 303 g/mol. The van der Waals surface area contributed by atoms with E-state index in [4.69, 9.17) is 0 Å². The highest BCUT2D eigenvalue weighted by Gasteiger charge is 2.28. The summed E-state index contributed by atoms with van der Waals surface area (Å²) in [5.74, 6) is 0.560. The molecule has 1 aromatic heterocycles. The first-order valence-electron chi connectivity index (χ1n) is 5.42. The molecule has 1 saturated heterocycles. The summed E-state index contributed by atoms with van der Waals surface area (Å²) in [6.07, 6.45) is 1.09. The van der Waals surface area contributed by atoms with Crippen LogP contribution >= 0.6 is 27.3 Å². The van der Waals surface area contributed by atoms with Gasteiger partial charge in [-0.15, -0.1) is 11.3 Å². The predicted molar refractivity (Wildman–Crippen MR) is 69.4 cm³/mol. The molecule has 0 aromatic carbocycles. The van der Waals surface area contributed by atoms with E-state index in [1.807, 2.05) is 12.1 Å². The maximum atomic E-state index is 11.9. The number of nitrogens with one attached hydrogen (secondary N) is 2. The summed E-state index contributed by atoms with van der Waals surface area (Å²) in [6.45, 7) is 3.69. The van der Waals surface area contributed by atoms with Crippen LogP contribution in [0.5, 0.6) is 0 Å². The molecular weight excluding hydrogens is 288 g/mol. The Balaban J connectivity index is 1.83. The van der Waals surface area contributed by atoms with E-state index in [1.54, 1.807) is 11.3 Å². The van der Waals surface area contributed by atoms with Gasteiger partial charge >= 0.3 is 0 Å². The molecule has 16 heavy (non-hydrogen) atoms. The molecule has 88 valence electrons. The number of carbonyl (C=O) groups is 1. The normalized spacial score (nSPS) is 24.6. The minimum absolute atomic E-state index is 0.0107. The van der Waals surface area contributed by atoms with Crippen molar-refractivity contribution in [2.24, 2.45) is 5.92 Å². The lowest BCUT2D eigenvalue weighted by atomic mass is 10.0. The van der Waals surface area contributed by atoms with Gasteiger partial charge in [0.05, 0.1) is 16.4 Å². The molecule has 2 N–H and O–H groups in total. The van der Waals surface area contributed by atoms with Crippen molar-refractivity contribution in [1.29, 1.82) is 0 Å². The summed E-state index contributed by atoms with van der Waals surface area (Å²) in [5.41, 5.74) is 0. The first kappa shape index (κ1) is 12.1. The molecule has 3 nitrogen and oxygen atoms in total. The van der Waals surface area contributed by atoms with Crippen LogP contribution in [0.3, 0.4) is 0 Å². The standard InChI is InChI=1S/C11H15BrN2OS/c1-7-4-5-13-10(7)11(15)14-6-8-2-3-9(12)16-8/h2-3,7,10,13H,4-6H2,1H3,(H,14,15). The molecule has 0 saturated carbocycles. The second kappa shape index (κ2) is 5.29. The van der Waals surface area contributed by atoms with E-state index in [-0.39, 0.29) is 11.9 Å². The van der Waals surface area contributed by atoms with Gasteiger partial charge in [0.15, 0.2) is 0 Å². The van der Waals surface area contributed by atoms with Crippen molar-refractivity contribution < 1.29 is 4.79 Å². The average Bonchev–Trinajstić information content (AvgIpc) is 2.84. The molecule has 1 aliphatic rings. The predicted octanol–water partition coefficient (Wildman–Crippen LogP) is 2.12. The van der Waals surface area contributed by atoms with Gasteiger partial charge in [-0.25, -0.2) is 0 Å². The van der Waals surface area contributed by atoms with Crippen LogP contribution in [0.4, 0.5) is 0 Å². The van der Waals surface area contributed by atoms with Crippen LogP contribution in [0.15, 0.2) is 15.9 Å². The highest BCUT2D eigenvalue weighted by Crippen LogP contribution is 2.22. The zero-order valence-electron chi connectivity index (χ0n) is 9.13. The fourth-order valence-corrected chi connectivity index (χ4v) is 3.34. The molecule has 0 aliphatic carbocycles. The van der Waals surface area contributed by atoms with Crippen molar-refractivity contribution in [2.75, 3.05) is 6.54 Å². The van der Waals surface area contributed by atoms with Crippen molar-refractivity contribution in [3.63, 3.8) is 0 Å². The number of carbonyl (C=O) groups excluding carboxylic acids is 1. The second-order valence-corrected chi connectivity index (χ2v) is 6.67. The lowest BCUT2D eigenvalue weighted by Gasteiger charge is -2.14. The highest BCUT2D eigenvalue weighted by atomic mass is 79.9. The summed E-state index contributed by atoms with van der Waals surface area (Å²) >= 11 is 5.06. The minimum Gasteiger partial charge on any atom is -0.350 e. The van der Waals surface area contributed by atoms with E-state index in [2.05, 4.69) is 33.5 Å². The molecule has 2 atom stereocenters. The Kier molecular flexibility index (Phi) is 4.00. The van der Waals surface area contributed by atoms with Crippen LogP contribution in [-0.4, -0.2) is 18.5 Å². The Bertz CT molecular complexity index is 380. The quantitative estimate of drug-likeness (QED) is 0.898. The zero-order chi connectivity index (χ0) is 11.5. The minimum atomic E-state index is -0.0107. The topological polar surface area (TPSA) is 41.1 Å². The Morgan fingerprint density at radius 3 is 3.06 bits per heavy atom. The number of amides is 1. The molecule has 0 spiro atoms. The van der Waals surface area contributed by atoms with Gasteiger partial charge in [0.25, 0.3) is 0 Å². The van der Waals surface area contributed by atoms with E-state index in [0.717, 1.165) is 16.8 Å². The number of halogens is 1. The lowest BCUT2D eigenvalue weighted by Crippen LogP contribution is -2.42. The zero-order valence-corrected chi connectivity index (χ0v) is 11.5. The Morgan fingerprint density at radius 1 is 1.69 bits per heavy atom. The van der Waals surface area contributed by atoms with E-state index in [0.29, 0.717) is 12.5 Å². The van der Waals surface area contributed by atoms with Crippen molar-refractivity contribution in [1.82, 2.24) is 10.6 Å². The van der Waals surface area contributed by atoms with Crippen LogP contribution in [0, 0.1) is 5.92 Å². The summed E-state index contributed by atoms with van der Waals surface area (Å²) in [5, 5.41) is 6.20. The second-order valence-electron chi connectivity index (χ2n) is 4.12. The summed E-state index contributed by atoms with van der Waals surface area (Å²) in [6, 6.07) is 4.02. The maximum Gasteiger partial charge on any atom is 0.237 e. The van der Waals surface area contributed by atoms with Crippen molar-refractivity contribution in [2.45, 2.75) is 25.9 Å². The Morgan fingerprint density at radius 2 is 2.50 bits per heavy atom. The number of rotatable bonds is 3. The van der Waals surface area contributed by atoms with Gasteiger partial charge < -0.3 is 10.6 Å². The van der Waals surface area contributed by atoms with Gasteiger partial charge in [0.2, 0.25) is 5.91 Å². The Hall–Kier alpha value is -0.390. The third kappa shape index (κ3) is 2.84. The maximum absolute atomic E-state index is 11.9. The molecule has 2 unspecified atom stereocenters. The van der Waals surface area contributed by atoms with Gasteiger partial charge in [-0.3, -0.25) is 4.79 Å². The molecule has 0 radical (unpaired) electrons. The molecule has 1 aromatic rings. The number of hydrogen-bond acceptors (Lipinski definition) is 3. The SMILES string of the molecule is CC1CCNC1C(=O)NCc1ccc(Br)s1. The molecule has 1 amide bonds. The van der Waals surface area contributed by atoms with Gasteiger partial charge in [-0.2, -0.15) is 0 Å². The van der Waals surface area contributed by atoms with Gasteiger partial charge in [0.1, 0.15) is 0 Å². The van der Waals surface area contributed by atoms with E-state index in [1.165, 1.54) is 4.88 Å². The third-order valence-electron chi connectivity index (χ3n) is 2.88. The fourth-order valence-electron chi connectivity index (χ4n) is 1.92. The molecule has 2 heterocycles. The van der Waals surface area contributed by atoms with Gasteiger partial charge in [-0.1, -0.05) is 6.92 Å².